The number of thiazole rings is 1. The Morgan fingerprint density at radius 3 is 3.25 bits per heavy atom. The van der Waals surface area contributed by atoms with E-state index in [4.69, 9.17) is 9.47 Å². The fourth-order valence-corrected chi connectivity index (χ4v) is 3.22. The third kappa shape index (κ3) is 4.86. The van der Waals surface area contributed by atoms with Crippen molar-refractivity contribution in [1.29, 1.82) is 0 Å². The molecule has 0 unspecified atom stereocenters. The molecule has 24 heavy (non-hydrogen) atoms. The minimum Gasteiger partial charge on any atom is -0.379 e. The molecule has 2 aromatic rings. The molecule has 130 valence electrons. The van der Waals surface area contributed by atoms with Gasteiger partial charge in [0.2, 0.25) is 5.91 Å². The number of aryl methyl sites for hydroxylation is 2. The molecule has 1 fully saturated rings. The lowest BCUT2D eigenvalue weighted by molar-refractivity contribution is -0.126. The van der Waals surface area contributed by atoms with Crippen LogP contribution in [0.4, 0.5) is 0 Å². The summed E-state index contributed by atoms with van der Waals surface area (Å²) in [5, 5.41) is 9.16. The molecule has 0 radical (unpaired) electrons. The van der Waals surface area contributed by atoms with Crippen molar-refractivity contribution >= 4 is 17.2 Å². The van der Waals surface area contributed by atoms with Gasteiger partial charge in [0.25, 0.3) is 0 Å². The predicted octanol–water partition coefficient (Wildman–Crippen LogP) is 1.30. The van der Waals surface area contributed by atoms with Crippen LogP contribution in [0.3, 0.4) is 0 Å². The molecule has 1 amide bonds. The zero-order valence-corrected chi connectivity index (χ0v) is 14.5. The number of carbonyl (C=O) groups is 1. The second-order valence-electron chi connectivity index (χ2n) is 5.89. The van der Waals surface area contributed by atoms with Gasteiger partial charge in [-0.25, -0.2) is 4.98 Å². The van der Waals surface area contributed by atoms with Crippen LogP contribution in [0.25, 0.3) is 0 Å². The average molecular weight is 350 g/mol. The summed E-state index contributed by atoms with van der Waals surface area (Å²) < 4.78 is 13.1. The van der Waals surface area contributed by atoms with E-state index in [0.29, 0.717) is 32.7 Å². The van der Waals surface area contributed by atoms with E-state index < -0.39 is 0 Å². The summed E-state index contributed by atoms with van der Waals surface area (Å²) in [6.07, 6.45) is 5.49. The quantitative estimate of drug-likeness (QED) is 0.814. The van der Waals surface area contributed by atoms with Crippen molar-refractivity contribution in [2.45, 2.75) is 38.0 Å². The van der Waals surface area contributed by atoms with Gasteiger partial charge in [-0.05, 0) is 18.4 Å². The lowest BCUT2D eigenvalue weighted by atomic mass is 10.1. The Bertz CT molecular complexity index is 644. The minimum atomic E-state index is -0.136. The molecule has 3 heterocycles. The van der Waals surface area contributed by atoms with Crippen LogP contribution in [0.15, 0.2) is 23.3 Å². The predicted molar refractivity (Wildman–Crippen MR) is 89.6 cm³/mol. The summed E-state index contributed by atoms with van der Waals surface area (Å²) in [5.41, 5.74) is 3.76. The van der Waals surface area contributed by atoms with E-state index in [0.717, 1.165) is 17.7 Å². The maximum atomic E-state index is 12.2. The fourth-order valence-electron chi connectivity index (χ4n) is 2.68. The van der Waals surface area contributed by atoms with Crippen LogP contribution in [0, 0.1) is 0 Å². The van der Waals surface area contributed by atoms with Crippen molar-refractivity contribution in [1.82, 2.24) is 20.1 Å². The molecular formula is C16H22N4O3S. The minimum absolute atomic E-state index is 0.0150. The van der Waals surface area contributed by atoms with Crippen molar-refractivity contribution in [2.75, 3.05) is 13.2 Å². The third-order valence-corrected chi connectivity index (χ3v) is 4.61. The van der Waals surface area contributed by atoms with Gasteiger partial charge < -0.3 is 14.8 Å². The number of rotatable bonds is 7. The summed E-state index contributed by atoms with van der Waals surface area (Å²) in [4.78, 5) is 16.4. The normalized spacial score (nSPS) is 20.9. The van der Waals surface area contributed by atoms with Gasteiger partial charge in [0.05, 0.1) is 36.7 Å². The van der Waals surface area contributed by atoms with Gasteiger partial charge in [0, 0.05) is 31.7 Å². The average Bonchev–Trinajstić information content (AvgIpc) is 3.24. The molecule has 1 aliphatic rings. The molecule has 0 aliphatic carbocycles. The molecular weight excluding hydrogens is 328 g/mol. The van der Waals surface area contributed by atoms with Gasteiger partial charge in [-0.1, -0.05) is 0 Å². The molecule has 1 N–H and O–H groups in total. The van der Waals surface area contributed by atoms with E-state index in [1.165, 1.54) is 0 Å². The van der Waals surface area contributed by atoms with Crippen LogP contribution in [-0.2, 0) is 34.3 Å². The van der Waals surface area contributed by atoms with Crippen LogP contribution in [-0.4, -0.2) is 46.0 Å². The molecule has 0 spiro atoms. The first-order valence-electron chi connectivity index (χ1n) is 8.04. The van der Waals surface area contributed by atoms with E-state index >= 15 is 0 Å². The summed E-state index contributed by atoms with van der Waals surface area (Å²) in [5.74, 6) is 0.0352. The summed E-state index contributed by atoms with van der Waals surface area (Å²) in [6.45, 7) is 1.58. The molecule has 1 saturated heterocycles. The Balaban J connectivity index is 1.46. The van der Waals surface area contributed by atoms with Crippen molar-refractivity contribution in [3.63, 3.8) is 0 Å². The Morgan fingerprint density at radius 2 is 2.50 bits per heavy atom. The van der Waals surface area contributed by atoms with Crippen LogP contribution in [0.2, 0.25) is 0 Å². The lowest BCUT2D eigenvalue weighted by Gasteiger charge is -2.32. The highest BCUT2D eigenvalue weighted by atomic mass is 32.1. The van der Waals surface area contributed by atoms with E-state index in [1.807, 2.05) is 18.6 Å². The number of ether oxygens (including phenoxy) is 2. The molecule has 8 heteroatoms. The molecule has 0 saturated carbocycles. The number of aromatic nitrogens is 3. The number of nitrogens with zero attached hydrogens (tertiary/aromatic N) is 3. The van der Waals surface area contributed by atoms with Gasteiger partial charge in [-0.3, -0.25) is 9.48 Å². The second kappa shape index (κ2) is 8.36. The van der Waals surface area contributed by atoms with E-state index in [2.05, 4.69) is 15.4 Å². The third-order valence-electron chi connectivity index (χ3n) is 3.98. The highest BCUT2D eigenvalue weighted by molar-refractivity contribution is 7.07. The number of carbonyl (C=O) groups excluding carboxylic acids is 1. The number of amides is 1. The molecule has 0 aromatic carbocycles. The molecule has 2 atom stereocenters. The lowest BCUT2D eigenvalue weighted by Crippen LogP contribution is -2.50. The highest BCUT2D eigenvalue weighted by Gasteiger charge is 2.28. The maximum absolute atomic E-state index is 12.2. The molecule has 3 rings (SSSR count). The summed E-state index contributed by atoms with van der Waals surface area (Å²) in [7, 11) is 1.87. The first-order chi connectivity index (χ1) is 11.7. The number of nitrogens with one attached hydrogen (secondary N) is 1. The number of hydrogen-bond donors (Lipinski definition) is 1. The summed E-state index contributed by atoms with van der Waals surface area (Å²) in [6, 6.07) is -0.0150. The molecule has 0 bridgehead atoms. The van der Waals surface area contributed by atoms with Gasteiger partial charge in [0.15, 0.2) is 0 Å². The van der Waals surface area contributed by atoms with Crippen molar-refractivity contribution in [3.05, 3.63) is 34.5 Å². The van der Waals surface area contributed by atoms with E-state index in [1.54, 1.807) is 27.7 Å². The molecule has 2 aromatic heterocycles. The Morgan fingerprint density at radius 1 is 1.58 bits per heavy atom. The zero-order chi connectivity index (χ0) is 16.8. The topological polar surface area (TPSA) is 78.3 Å². The molecule has 1 aliphatic heterocycles. The van der Waals surface area contributed by atoms with Gasteiger partial charge in [0.1, 0.15) is 6.10 Å². The Hall–Kier alpha value is -1.77. The standard InChI is InChI=1S/C16H22N4O3S/c1-20-7-12(6-18-20)2-3-16(21)19-14-4-5-22-9-15(14)23-8-13-10-24-11-17-13/h6-7,10-11,14-15H,2-5,8-9H2,1H3,(H,19,21)/t14-,15-/m1/s1. The Kier molecular flexibility index (Phi) is 5.95. The van der Waals surface area contributed by atoms with Crippen LogP contribution >= 0.6 is 11.3 Å². The van der Waals surface area contributed by atoms with Gasteiger partial charge in [-0.2, -0.15) is 5.10 Å². The van der Waals surface area contributed by atoms with Crippen molar-refractivity contribution < 1.29 is 14.3 Å². The largest absolute Gasteiger partial charge is 0.379 e. The second-order valence-corrected chi connectivity index (χ2v) is 6.61. The first kappa shape index (κ1) is 17.1. The van der Waals surface area contributed by atoms with Gasteiger partial charge in [-0.15, -0.1) is 11.3 Å². The Labute approximate surface area is 145 Å². The monoisotopic (exact) mass is 350 g/mol. The first-order valence-corrected chi connectivity index (χ1v) is 8.98. The van der Waals surface area contributed by atoms with Crippen LogP contribution in [0.5, 0.6) is 0 Å². The van der Waals surface area contributed by atoms with Gasteiger partial charge >= 0.3 is 0 Å². The number of hydrogen-bond acceptors (Lipinski definition) is 6. The summed E-state index contributed by atoms with van der Waals surface area (Å²) >= 11 is 1.54. The van der Waals surface area contributed by atoms with Crippen molar-refractivity contribution in [3.8, 4) is 0 Å². The van der Waals surface area contributed by atoms with Crippen molar-refractivity contribution in [2.24, 2.45) is 7.05 Å². The van der Waals surface area contributed by atoms with Crippen LogP contribution < -0.4 is 5.32 Å². The van der Waals surface area contributed by atoms with E-state index in [-0.39, 0.29) is 18.1 Å². The smallest absolute Gasteiger partial charge is 0.220 e. The fraction of sp³-hybridized carbons (Fsp3) is 0.562. The highest BCUT2D eigenvalue weighted by Crippen LogP contribution is 2.14. The van der Waals surface area contributed by atoms with E-state index in [9.17, 15) is 4.79 Å². The zero-order valence-electron chi connectivity index (χ0n) is 13.7. The van der Waals surface area contributed by atoms with Crippen LogP contribution in [0.1, 0.15) is 24.1 Å². The maximum Gasteiger partial charge on any atom is 0.220 e. The SMILES string of the molecule is Cn1cc(CCC(=O)N[C@@H]2CCOC[C@H]2OCc2cscn2)cn1. The molecule has 7 nitrogen and oxygen atoms in total.